The van der Waals surface area contributed by atoms with Crippen molar-refractivity contribution in [2.45, 2.75) is 25.8 Å². The molecule has 1 aromatic carbocycles. The molecule has 2 aromatic rings. The average molecular weight is 341 g/mol. The second-order valence-corrected chi connectivity index (χ2v) is 6.71. The molecule has 0 unspecified atom stereocenters. The molecule has 5 nitrogen and oxygen atoms in total. The summed E-state index contributed by atoms with van der Waals surface area (Å²) < 4.78 is 5.31. The van der Waals surface area contributed by atoms with Crippen molar-refractivity contribution in [3.05, 3.63) is 45.8 Å². The van der Waals surface area contributed by atoms with Gasteiger partial charge in [0.25, 0.3) is 0 Å². The lowest BCUT2D eigenvalue weighted by molar-refractivity contribution is -0.116. The summed E-state index contributed by atoms with van der Waals surface area (Å²) >= 11 is 1.50. The Balaban J connectivity index is 1.67. The van der Waals surface area contributed by atoms with Gasteiger partial charge in [-0.15, -0.1) is 11.3 Å². The first-order chi connectivity index (χ1) is 11.7. The standard InChI is InChI=1S/C18H19N3O2S/c1-23-15-5-3-2-4-12(15)6-7-17(22)21-18-14(10-19)13-8-9-20-11-16(13)24-18/h2-5,20H,6-9,11H2,1H3,(H,21,22). The first-order valence-electron chi connectivity index (χ1n) is 7.90. The predicted octanol–water partition coefficient (Wildman–Crippen LogP) is 2.85. The number of benzene rings is 1. The quantitative estimate of drug-likeness (QED) is 0.877. The molecule has 0 aliphatic carbocycles. The largest absolute Gasteiger partial charge is 0.496 e. The number of fused-ring (bicyclic) bond motifs is 1. The molecule has 0 spiro atoms. The summed E-state index contributed by atoms with van der Waals surface area (Å²) in [5, 5.41) is 16.3. The number of amides is 1. The van der Waals surface area contributed by atoms with E-state index >= 15 is 0 Å². The number of carbonyl (C=O) groups excluding carboxylic acids is 1. The number of methoxy groups -OCH3 is 1. The number of carbonyl (C=O) groups is 1. The number of nitriles is 1. The molecule has 1 amide bonds. The zero-order chi connectivity index (χ0) is 16.9. The minimum Gasteiger partial charge on any atom is -0.496 e. The third-order valence-electron chi connectivity index (χ3n) is 4.11. The van der Waals surface area contributed by atoms with E-state index in [0.29, 0.717) is 23.4 Å². The van der Waals surface area contributed by atoms with Gasteiger partial charge in [0, 0.05) is 17.8 Å². The van der Waals surface area contributed by atoms with E-state index in [4.69, 9.17) is 4.74 Å². The first-order valence-corrected chi connectivity index (χ1v) is 8.71. The summed E-state index contributed by atoms with van der Waals surface area (Å²) in [6, 6.07) is 9.94. The van der Waals surface area contributed by atoms with Gasteiger partial charge in [-0.25, -0.2) is 0 Å². The summed E-state index contributed by atoms with van der Waals surface area (Å²) in [4.78, 5) is 13.4. The zero-order valence-corrected chi connectivity index (χ0v) is 14.3. The van der Waals surface area contributed by atoms with Gasteiger partial charge >= 0.3 is 0 Å². The van der Waals surface area contributed by atoms with E-state index in [2.05, 4.69) is 16.7 Å². The molecule has 124 valence electrons. The highest BCUT2D eigenvalue weighted by atomic mass is 32.1. The highest BCUT2D eigenvalue weighted by molar-refractivity contribution is 7.16. The molecule has 0 radical (unpaired) electrons. The summed E-state index contributed by atoms with van der Waals surface area (Å²) in [5.41, 5.74) is 2.72. The smallest absolute Gasteiger partial charge is 0.225 e. The van der Waals surface area contributed by atoms with Crippen LogP contribution >= 0.6 is 11.3 Å². The number of anilines is 1. The fourth-order valence-corrected chi connectivity index (χ4v) is 4.07. The van der Waals surface area contributed by atoms with Crippen molar-refractivity contribution < 1.29 is 9.53 Å². The molecular weight excluding hydrogens is 322 g/mol. The molecule has 3 rings (SSSR count). The van der Waals surface area contributed by atoms with Gasteiger partial charge in [-0.05, 0) is 36.6 Å². The number of hydrogen-bond acceptors (Lipinski definition) is 5. The maximum absolute atomic E-state index is 12.3. The van der Waals surface area contributed by atoms with Gasteiger partial charge in [-0.2, -0.15) is 5.26 Å². The van der Waals surface area contributed by atoms with E-state index in [0.717, 1.165) is 41.3 Å². The lowest BCUT2D eigenvalue weighted by Crippen LogP contribution is -2.22. The Labute approximate surface area is 145 Å². The third-order valence-corrected chi connectivity index (χ3v) is 5.25. The normalized spacial score (nSPS) is 13.0. The number of aryl methyl sites for hydroxylation is 1. The van der Waals surface area contributed by atoms with Gasteiger partial charge in [0.05, 0.1) is 12.7 Å². The number of ether oxygens (including phenoxy) is 1. The Kier molecular flexibility index (Phi) is 5.14. The number of rotatable bonds is 5. The Bertz CT molecular complexity index is 792. The Morgan fingerprint density at radius 1 is 1.46 bits per heavy atom. The van der Waals surface area contributed by atoms with Crippen LogP contribution in [0, 0.1) is 11.3 Å². The SMILES string of the molecule is COc1ccccc1CCC(=O)Nc1sc2c(c1C#N)CCNC2. The van der Waals surface area contributed by atoms with Crippen molar-refractivity contribution in [1.82, 2.24) is 5.32 Å². The van der Waals surface area contributed by atoms with E-state index in [9.17, 15) is 10.1 Å². The summed E-state index contributed by atoms with van der Waals surface area (Å²) in [7, 11) is 1.63. The number of nitrogens with zero attached hydrogens (tertiary/aromatic N) is 1. The first kappa shape index (κ1) is 16.5. The zero-order valence-electron chi connectivity index (χ0n) is 13.5. The van der Waals surface area contributed by atoms with E-state index in [1.165, 1.54) is 11.3 Å². The molecule has 2 N–H and O–H groups in total. The van der Waals surface area contributed by atoms with Gasteiger partial charge in [-0.3, -0.25) is 4.79 Å². The van der Waals surface area contributed by atoms with Crippen LogP contribution in [0.3, 0.4) is 0 Å². The summed E-state index contributed by atoms with van der Waals surface area (Å²) in [5.74, 6) is 0.713. The fourth-order valence-electron chi connectivity index (χ4n) is 2.89. The van der Waals surface area contributed by atoms with Crippen LogP contribution in [0.25, 0.3) is 0 Å². The van der Waals surface area contributed by atoms with Crippen LogP contribution in [0.1, 0.15) is 28.0 Å². The maximum atomic E-state index is 12.3. The van der Waals surface area contributed by atoms with E-state index < -0.39 is 0 Å². The van der Waals surface area contributed by atoms with Crippen molar-refractivity contribution in [2.24, 2.45) is 0 Å². The number of nitrogens with one attached hydrogen (secondary N) is 2. The van der Waals surface area contributed by atoms with Crippen LogP contribution in [0.4, 0.5) is 5.00 Å². The summed E-state index contributed by atoms with van der Waals surface area (Å²) in [6.45, 7) is 1.64. The van der Waals surface area contributed by atoms with Crippen LogP contribution in [0.15, 0.2) is 24.3 Å². The van der Waals surface area contributed by atoms with Crippen LogP contribution in [-0.2, 0) is 24.2 Å². The molecule has 1 aliphatic heterocycles. The molecule has 0 bridgehead atoms. The third kappa shape index (κ3) is 3.42. The highest BCUT2D eigenvalue weighted by Gasteiger charge is 2.21. The average Bonchev–Trinajstić information content (AvgIpc) is 2.97. The van der Waals surface area contributed by atoms with E-state index in [1.54, 1.807) is 7.11 Å². The van der Waals surface area contributed by atoms with Crippen molar-refractivity contribution in [3.8, 4) is 11.8 Å². The van der Waals surface area contributed by atoms with Crippen molar-refractivity contribution in [1.29, 1.82) is 5.26 Å². The Morgan fingerprint density at radius 2 is 2.29 bits per heavy atom. The van der Waals surface area contributed by atoms with Crippen LogP contribution in [0.5, 0.6) is 5.75 Å². The molecule has 6 heteroatoms. The molecular formula is C18H19N3O2S. The molecule has 0 fully saturated rings. The summed E-state index contributed by atoms with van der Waals surface area (Å²) in [6.07, 6.45) is 1.79. The Hall–Kier alpha value is -2.36. The van der Waals surface area contributed by atoms with E-state index in [-0.39, 0.29) is 5.91 Å². The predicted molar refractivity (Wildman–Crippen MR) is 94.4 cm³/mol. The molecule has 2 heterocycles. The van der Waals surface area contributed by atoms with Gasteiger partial charge in [0.15, 0.2) is 0 Å². The molecule has 24 heavy (non-hydrogen) atoms. The lowest BCUT2D eigenvalue weighted by atomic mass is 10.0. The molecule has 0 saturated carbocycles. The van der Waals surface area contributed by atoms with Gasteiger partial charge in [0.2, 0.25) is 5.91 Å². The van der Waals surface area contributed by atoms with Gasteiger partial charge < -0.3 is 15.4 Å². The highest BCUT2D eigenvalue weighted by Crippen LogP contribution is 2.34. The second-order valence-electron chi connectivity index (χ2n) is 5.61. The van der Waals surface area contributed by atoms with Gasteiger partial charge in [0.1, 0.15) is 16.8 Å². The minimum atomic E-state index is -0.0797. The maximum Gasteiger partial charge on any atom is 0.225 e. The van der Waals surface area contributed by atoms with Crippen LogP contribution in [-0.4, -0.2) is 19.6 Å². The minimum absolute atomic E-state index is 0.0797. The second kappa shape index (κ2) is 7.47. The number of hydrogen-bond donors (Lipinski definition) is 2. The number of para-hydroxylation sites is 1. The molecule has 1 aromatic heterocycles. The van der Waals surface area contributed by atoms with Crippen LogP contribution < -0.4 is 15.4 Å². The van der Waals surface area contributed by atoms with E-state index in [1.807, 2.05) is 24.3 Å². The topological polar surface area (TPSA) is 74.1 Å². The monoisotopic (exact) mass is 341 g/mol. The van der Waals surface area contributed by atoms with Crippen molar-refractivity contribution in [2.75, 3.05) is 19.0 Å². The fraction of sp³-hybridized carbons (Fsp3) is 0.333. The van der Waals surface area contributed by atoms with Gasteiger partial charge in [-0.1, -0.05) is 18.2 Å². The molecule has 0 atom stereocenters. The van der Waals surface area contributed by atoms with Crippen molar-refractivity contribution in [3.63, 3.8) is 0 Å². The molecule has 0 saturated heterocycles. The molecule has 1 aliphatic rings. The Morgan fingerprint density at radius 3 is 3.08 bits per heavy atom. The van der Waals surface area contributed by atoms with Crippen LogP contribution in [0.2, 0.25) is 0 Å². The van der Waals surface area contributed by atoms with Crippen molar-refractivity contribution >= 4 is 22.2 Å². The number of thiophene rings is 1. The lowest BCUT2D eigenvalue weighted by Gasteiger charge is -2.11.